The Morgan fingerprint density at radius 2 is 1.79 bits per heavy atom. The fraction of sp³-hybridized carbons (Fsp3) is 0.318. The maximum atomic E-state index is 12.7. The summed E-state index contributed by atoms with van der Waals surface area (Å²) in [6, 6.07) is 20.1. The van der Waals surface area contributed by atoms with Gasteiger partial charge in [0, 0.05) is 24.3 Å². The second-order valence-corrected chi connectivity index (χ2v) is 8.16. The summed E-state index contributed by atoms with van der Waals surface area (Å²) in [6.45, 7) is 3.94. The van der Waals surface area contributed by atoms with Crippen LogP contribution in [0.4, 0.5) is 0 Å². The lowest BCUT2D eigenvalue weighted by atomic mass is 10.0. The van der Waals surface area contributed by atoms with Gasteiger partial charge in [-0.2, -0.15) is 0 Å². The summed E-state index contributed by atoms with van der Waals surface area (Å²) in [5.74, 6) is 1.93. The van der Waals surface area contributed by atoms with Crippen LogP contribution in [0.3, 0.4) is 0 Å². The van der Waals surface area contributed by atoms with Gasteiger partial charge in [-0.25, -0.2) is 0 Å². The van der Waals surface area contributed by atoms with Gasteiger partial charge in [0.05, 0.1) is 5.75 Å². The lowest BCUT2D eigenvalue weighted by Crippen LogP contribution is -2.40. The van der Waals surface area contributed by atoms with Crippen molar-refractivity contribution in [3.63, 3.8) is 0 Å². The van der Waals surface area contributed by atoms with E-state index in [1.54, 1.807) is 0 Å². The molecule has 1 saturated heterocycles. The van der Waals surface area contributed by atoms with Crippen LogP contribution in [0, 0.1) is 5.92 Å². The molecule has 2 aromatic carbocycles. The number of rotatable bonds is 5. The van der Waals surface area contributed by atoms with Gasteiger partial charge in [0.1, 0.15) is 0 Å². The van der Waals surface area contributed by atoms with E-state index in [9.17, 15) is 4.79 Å². The molecular formula is C22H24N4OS. The van der Waals surface area contributed by atoms with Crippen molar-refractivity contribution in [2.45, 2.75) is 24.9 Å². The molecule has 3 aromatic rings. The third-order valence-corrected chi connectivity index (χ3v) is 5.93. The van der Waals surface area contributed by atoms with Gasteiger partial charge in [0.25, 0.3) is 0 Å². The summed E-state index contributed by atoms with van der Waals surface area (Å²) in [7, 11) is 0. The molecule has 1 aliphatic heterocycles. The molecule has 0 saturated carbocycles. The average Bonchev–Trinajstić information content (AvgIpc) is 3.17. The molecule has 1 atom stereocenters. The quantitative estimate of drug-likeness (QED) is 0.608. The van der Waals surface area contributed by atoms with Crippen LogP contribution in [0.15, 0.2) is 65.8 Å². The maximum Gasteiger partial charge on any atom is 0.233 e. The Bertz CT molecular complexity index is 926. The zero-order valence-electron chi connectivity index (χ0n) is 16.0. The number of thioether (sulfide) groups is 1. The molecule has 2 heterocycles. The Morgan fingerprint density at radius 1 is 1.07 bits per heavy atom. The number of carbonyl (C=O) groups is 1. The topological polar surface area (TPSA) is 51.0 Å². The highest BCUT2D eigenvalue weighted by molar-refractivity contribution is 7.99. The van der Waals surface area contributed by atoms with Gasteiger partial charge in [-0.3, -0.25) is 9.36 Å². The van der Waals surface area contributed by atoms with Crippen molar-refractivity contribution < 1.29 is 4.79 Å². The van der Waals surface area contributed by atoms with Crippen molar-refractivity contribution >= 4 is 17.7 Å². The minimum atomic E-state index is 0.181. The normalized spacial score (nSPS) is 16.9. The number of hydrogen-bond donors (Lipinski definition) is 0. The van der Waals surface area contributed by atoms with Crippen LogP contribution in [0.2, 0.25) is 0 Å². The molecule has 4 rings (SSSR count). The molecule has 0 radical (unpaired) electrons. The van der Waals surface area contributed by atoms with E-state index in [2.05, 4.69) is 17.1 Å². The molecule has 28 heavy (non-hydrogen) atoms. The number of amides is 1. The van der Waals surface area contributed by atoms with Crippen LogP contribution in [-0.4, -0.2) is 44.4 Å². The highest BCUT2D eigenvalue weighted by Crippen LogP contribution is 2.28. The lowest BCUT2D eigenvalue weighted by Gasteiger charge is -2.30. The average molecular weight is 393 g/mol. The zero-order valence-corrected chi connectivity index (χ0v) is 16.8. The van der Waals surface area contributed by atoms with Gasteiger partial charge in [0.15, 0.2) is 11.0 Å². The Labute approximate surface area is 169 Å². The summed E-state index contributed by atoms with van der Waals surface area (Å²) in [5, 5.41) is 9.58. The number of para-hydroxylation sites is 1. The first-order valence-electron chi connectivity index (χ1n) is 9.69. The molecule has 1 amide bonds. The van der Waals surface area contributed by atoms with Crippen LogP contribution in [-0.2, 0) is 4.79 Å². The number of nitrogens with zero attached hydrogens (tertiary/aromatic N) is 4. The smallest absolute Gasteiger partial charge is 0.233 e. The molecule has 0 unspecified atom stereocenters. The number of likely N-dealkylation sites (tertiary alicyclic amines) is 1. The number of aromatic nitrogens is 3. The van der Waals surface area contributed by atoms with Crippen molar-refractivity contribution in [1.82, 2.24) is 19.7 Å². The minimum absolute atomic E-state index is 0.181. The second kappa shape index (κ2) is 8.61. The first-order chi connectivity index (χ1) is 13.7. The van der Waals surface area contributed by atoms with E-state index in [4.69, 9.17) is 0 Å². The molecule has 1 fully saturated rings. The maximum absolute atomic E-state index is 12.7. The third kappa shape index (κ3) is 4.12. The first kappa shape index (κ1) is 18.7. The van der Waals surface area contributed by atoms with Gasteiger partial charge < -0.3 is 4.90 Å². The third-order valence-electron chi connectivity index (χ3n) is 5.01. The molecular weight excluding hydrogens is 368 g/mol. The summed E-state index contributed by atoms with van der Waals surface area (Å²) >= 11 is 1.46. The molecule has 0 aliphatic carbocycles. The van der Waals surface area contributed by atoms with E-state index in [1.807, 2.05) is 70.1 Å². The van der Waals surface area contributed by atoms with Crippen molar-refractivity contribution in [1.29, 1.82) is 0 Å². The molecule has 0 bridgehead atoms. The van der Waals surface area contributed by atoms with Gasteiger partial charge in [-0.05, 0) is 30.9 Å². The molecule has 0 N–H and O–H groups in total. The van der Waals surface area contributed by atoms with Crippen molar-refractivity contribution in [3.05, 3.63) is 60.7 Å². The molecule has 1 aliphatic rings. The van der Waals surface area contributed by atoms with Gasteiger partial charge in [-0.15, -0.1) is 10.2 Å². The van der Waals surface area contributed by atoms with E-state index in [1.165, 1.54) is 18.2 Å². The summed E-state index contributed by atoms with van der Waals surface area (Å²) in [6.07, 6.45) is 2.30. The van der Waals surface area contributed by atoms with Crippen LogP contribution < -0.4 is 0 Å². The summed E-state index contributed by atoms with van der Waals surface area (Å²) in [4.78, 5) is 14.7. The number of hydrogen-bond acceptors (Lipinski definition) is 4. The Kier molecular flexibility index (Phi) is 5.76. The predicted octanol–water partition coefficient (Wildman–Crippen LogP) is 4.28. The monoisotopic (exact) mass is 392 g/mol. The Hall–Kier alpha value is -2.60. The first-order valence-corrected chi connectivity index (χ1v) is 10.7. The number of carbonyl (C=O) groups excluding carboxylic acids is 1. The van der Waals surface area contributed by atoms with E-state index in [0.29, 0.717) is 11.7 Å². The van der Waals surface area contributed by atoms with Crippen molar-refractivity contribution in [2.24, 2.45) is 5.92 Å². The van der Waals surface area contributed by atoms with E-state index in [-0.39, 0.29) is 5.91 Å². The van der Waals surface area contributed by atoms with Crippen molar-refractivity contribution in [3.8, 4) is 17.1 Å². The van der Waals surface area contributed by atoms with Crippen LogP contribution in [0.1, 0.15) is 19.8 Å². The molecule has 5 nitrogen and oxygen atoms in total. The fourth-order valence-corrected chi connectivity index (χ4v) is 4.44. The minimum Gasteiger partial charge on any atom is -0.342 e. The van der Waals surface area contributed by atoms with Gasteiger partial charge in [0.2, 0.25) is 5.91 Å². The second-order valence-electron chi connectivity index (χ2n) is 7.22. The largest absolute Gasteiger partial charge is 0.342 e. The zero-order chi connectivity index (χ0) is 19.3. The van der Waals surface area contributed by atoms with Gasteiger partial charge in [-0.1, -0.05) is 67.2 Å². The fourth-order valence-electron chi connectivity index (χ4n) is 3.58. The summed E-state index contributed by atoms with van der Waals surface area (Å²) in [5.41, 5.74) is 2.00. The van der Waals surface area contributed by atoms with E-state index in [0.717, 1.165) is 41.7 Å². The SMILES string of the molecule is C[C@@H]1CCCN(C(=O)CSc2nnc(-c3ccccc3)n2-c2ccccc2)C1. The van der Waals surface area contributed by atoms with E-state index < -0.39 is 0 Å². The van der Waals surface area contributed by atoms with Crippen molar-refractivity contribution in [2.75, 3.05) is 18.8 Å². The Morgan fingerprint density at radius 3 is 2.50 bits per heavy atom. The number of piperidine rings is 1. The number of benzene rings is 2. The molecule has 1 aromatic heterocycles. The lowest BCUT2D eigenvalue weighted by molar-refractivity contribution is -0.130. The van der Waals surface area contributed by atoms with Crippen LogP contribution in [0.5, 0.6) is 0 Å². The molecule has 0 spiro atoms. The molecule has 144 valence electrons. The summed E-state index contributed by atoms with van der Waals surface area (Å²) < 4.78 is 2.03. The highest BCUT2D eigenvalue weighted by atomic mass is 32.2. The molecule has 6 heteroatoms. The predicted molar refractivity (Wildman–Crippen MR) is 112 cm³/mol. The Balaban J connectivity index is 1.59. The standard InChI is InChI=1S/C22H24N4OS/c1-17-9-8-14-25(15-17)20(27)16-28-22-24-23-21(18-10-4-2-5-11-18)26(22)19-12-6-3-7-13-19/h2-7,10-13,17H,8-9,14-16H2,1H3/t17-/m1/s1. The van der Waals surface area contributed by atoms with Crippen LogP contribution in [0.25, 0.3) is 17.1 Å². The highest BCUT2D eigenvalue weighted by Gasteiger charge is 2.22. The van der Waals surface area contributed by atoms with Gasteiger partial charge >= 0.3 is 0 Å². The van der Waals surface area contributed by atoms with Crippen LogP contribution >= 0.6 is 11.8 Å². The van der Waals surface area contributed by atoms with E-state index >= 15 is 0 Å².